The lowest BCUT2D eigenvalue weighted by atomic mass is 10.1. The maximum atomic E-state index is 12.0. The van der Waals surface area contributed by atoms with Crippen LogP contribution in [0.4, 0.5) is 8.78 Å². The van der Waals surface area contributed by atoms with Crippen molar-refractivity contribution in [2.24, 2.45) is 0 Å². The second-order valence-corrected chi connectivity index (χ2v) is 4.23. The number of ether oxygens (including phenoxy) is 1. The van der Waals surface area contributed by atoms with Gasteiger partial charge in [-0.25, -0.2) is 8.78 Å². The Morgan fingerprint density at radius 3 is 2.80 bits per heavy atom. The molecular weight excluding hydrogens is 268 g/mol. The molecule has 0 aliphatic heterocycles. The first kappa shape index (κ1) is 16.1. The first-order valence-electron chi connectivity index (χ1n) is 6.00. The van der Waals surface area contributed by atoms with Gasteiger partial charge in [0.05, 0.1) is 7.11 Å². The van der Waals surface area contributed by atoms with Gasteiger partial charge >= 0.3 is 0 Å². The number of nitrogens with one attached hydrogen (secondary N) is 1. The van der Waals surface area contributed by atoms with E-state index in [9.17, 15) is 13.6 Å². The molecule has 0 aliphatic carbocycles. The molecule has 1 amide bonds. The van der Waals surface area contributed by atoms with Gasteiger partial charge in [-0.05, 0) is 25.1 Å². The summed E-state index contributed by atoms with van der Waals surface area (Å²) in [6.45, 7) is 1.40. The number of carbonyl (C=O) groups excluding carboxylic acids is 1. The normalized spacial score (nSPS) is 12.7. The van der Waals surface area contributed by atoms with Gasteiger partial charge < -0.3 is 15.2 Å². The zero-order chi connectivity index (χ0) is 15.1. The molecule has 0 radical (unpaired) electrons. The Hall–Kier alpha value is -1.95. The van der Waals surface area contributed by atoms with Gasteiger partial charge in [0.25, 0.3) is 6.43 Å². The molecule has 1 aromatic carbocycles. The lowest BCUT2D eigenvalue weighted by Gasteiger charge is -2.09. The van der Waals surface area contributed by atoms with Crippen LogP contribution in [0.5, 0.6) is 5.75 Å². The highest BCUT2D eigenvalue weighted by Crippen LogP contribution is 2.20. The van der Waals surface area contributed by atoms with Crippen molar-refractivity contribution in [1.82, 2.24) is 5.32 Å². The smallest absolute Gasteiger partial charge is 0.265 e. The van der Waals surface area contributed by atoms with Crippen molar-refractivity contribution in [2.75, 3.05) is 13.7 Å². The molecule has 0 spiro atoms. The van der Waals surface area contributed by atoms with Crippen LogP contribution in [0.2, 0.25) is 0 Å². The van der Waals surface area contributed by atoms with E-state index in [0.29, 0.717) is 11.3 Å². The van der Waals surface area contributed by atoms with Crippen molar-refractivity contribution in [2.45, 2.75) is 19.5 Å². The number of hydrogen-bond donors (Lipinski definition) is 2. The number of aryl methyl sites for hydroxylation is 1. The summed E-state index contributed by atoms with van der Waals surface area (Å²) < 4.78 is 29.2. The number of alkyl halides is 2. The average Bonchev–Trinajstić information content (AvgIpc) is 2.42. The zero-order valence-corrected chi connectivity index (χ0v) is 11.3. The van der Waals surface area contributed by atoms with Crippen molar-refractivity contribution >= 4 is 12.0 Å². The predicted molar refractivity (Wildman–Crippen MR) is 71.8 cm³/mol. The van der Waals surface area contributed by atoms with Gasteiger partial charge in [0, 0.05) is 18.2 Å². The second kappa shape index (κ2) is 7.59. The van der Waals surface area contributed by atoms with Crippen molar-refractivity contribution in [1.29, 1.82) is 0 Å². The molecule has 0 aromatic heterocycles. The number of carbonyl (C=O) groups is 1. The molecule has 0 heterocycles. The third-order valence-corrected chi connectivity index (χ3v) is 2.58. The quantitative estimate of drug-likeness (QED) is 0.783. The van der Waals surface area contributed by atoms with Gasteiger partial charge in [-0.1, -0.05) is 11.6 Å². The van der Waals surface area contributed by atoms with Crippen LogP contribution in [0.15, 0.2) is 24.3 Å². The van der Waals surface area contributed by atoms with Crippen LogP contribution in [0, 0.1) is 6.92 Å². The van der Waals surface area contributed by atoms with Crippen LogP contribution in [0.25, 0.3) is 6.08 Å². The molecule has 0 fully saturated rings. The minimum Gasteiger partial charge on any atom is -0.496 e. The summed E-state index contributed by atoms with van der Waals surface area (Å²) >= 11 is 0. The van der Waals surface area contributed by atoms with E-state index in [1.165, 1.54) is 19.3 Å². The average molecular weight is 285 g/mol. The zero-order valence-electron chi connectivity index (χ0n) is 11.3. The third kappa shape index (κ3) is 4.97. The molecule has 6 heteroatoms. The highest BCUT2D eigenvalue weighted by molar-refractivity contribution is 5.92. The minimum atomic E-state index is -2.88. The first-order chi connectivity index (χ1) is 9.43. The van der Waals surface area contributed by atoms with Crippen LogP contribution >= 0.6 is 0 Å². The predicted octanol–water partition coefficient (Wildman–Crippen LogP) is 1.76. The molecular formula is C14H17F2NO3. The summed E-state index contributed by atoms with van der Waals surface area (Å²) in [6, 6.07) is 5.47. The number of benzene rings is 1. The Morgan fingerprint density at radius 1 is 1.50 bits per heavy atom. The number of halogens is 2. The fourth-order valence-electron chi connectivity index (χ4n) is 1.50. The molecule has 1 unspecified atom stereocenters. The monoisotopic (exact) mass is 285 g/mol. The van der Waals surface area contributed by atoms with Gasteiger partial charge in [0.1, 0.15) is 11.9 Å². The SMILES string of the molecule is COc1ccc(C)cc1/C=C/C(=O)NCC(O)C(F)F. The molecule has 0 aliphatic rings. The Morgan fingerprint density at radius 2 is 2.20 bits per heavy atom. The molecule has 0 saturated heterocycles. The van der Waals surface area contributed by atoms with Gasteiger partial charge in [-0.2, -0.15) is 0 Å². The maximum absolute atomic E-state index is 12.0. The van der Waals surface area contributed by atoms with E-state index in [1.54, 1.807) is 6.07 Å². The molecule has 1 rings (SSSR count). The fraction of sp³-hybridized carbons (Fsp3) is 0.357. The van der Waals surface area contributed by atoms with Crippen molar-refractivity contribution in [3.05, 3.63) is 35.4 Å². The van der Waals surface area contributed by atoms with E-state index >= 15 is 0 Å². The van der Waals surface area contributed by atoms with E-state index in [2.05, 4.69) is 5.32 Å². The summed E-state index contributed by atoms with van der Waals surface area (Å²) in [4.78, 5) is 11.4. The van der Waals surface area contributed by atoms with Crippen LogP contribution < -0.4 is 10.1 Å². The number of hydrogen-bond acceptors (Lipinski definition) is 3. The van der Waals surface area contributed by atoms with Crippen LogP contribution in [-0.2, 0) is 4.79 Å². The molecule has 4 nitrogen and oxygen atoms in total. The summed E-state index contributed by atoms with van der Waals surface area (Å²) in [5, 5.41) is 11.1. The van der Waals surface area contributed by atoms with E-state index in [1.807, 2.05) is 19.1 Å². The standard InChI is InChI=1S/C14H17F2NO3/c1-9-3-5-12(20-2)10(7-9)4-6-13(19)17-8-11(18)14(15)16/h3-7,11,14,18H,8H2,1-2H3,(H,17,19)/b6-4+. The van der Waals surface area contributed by atoms with Crippen LogP contribution in [-0.4, -0.2) is 37.2 Å². The molecule has 0 bridgehead atoms. The largest absolute Gasteiger partial charge is 0.496 e. The third-order valence-electron chi connectivity index (χ3n) is 2.58. The van der Waals surface area contributed by atoms with Gasteiger partial charge in [-0.15, -0.1) is 0 Å². The molecule has 20 heavy (non-hydrogen) atoms. The second-order valence-electron chi connectivity index (χ2n) is 4.23. The van der Waals surface area contributed by atoms with Gasteiger partial charge in [0.15, 0.2) is 0 Å². The number of amides is 1. The minimum absolute atomic E-state index is 0.494. The van der Waals surface area contributed by atoms with Gasteiger partial charge in [-0.3, -0.25) is 4.79 Å². The summed E-state index contributed by atoms with van der Waals surface area (Å²) in [5.74, 6) is 0.0422. The van der Waals surface area contributed by atoms with E-state index < -0.39 is 25.0 Å². The Kier molecular flexibility index (Phi) is 6.11. The highest BCUT2D eigenvalue weighted by atomic mass is 19.3. The molecule has 0 saturated carbocycles. The number of rotatable bonds is 6. The van der Waals surface area contributed by atoms with Crippen molar-refractivity contribution in [3.8, 4) is 5.75 Å². The summed E-state index contributed by atoms with van der Waals surface area (Å²) in [6.07, 6.45) is -2.01. The maximum Gasteiger partial charge on any atom is 0.265 e. The molecule has 110 valence electrons. The van der Waals surface area contributed by atoms with Gasteiger partial charge in [0.2, 0.25) is 5.91 Å². The lowest BCUT2D eigenvalue weighted by molar-refractivity contribution is -0.117. The molecule has 2 N–H and O–H groups in total. The Balaban J connectivity index is 2.63. The van der Waals surface area contributed by atoms with Crippen molar-refractivity contribution in [3.63, 3.8) is 0 Å². The van der Waals surface area contributed by atoms with Crippen molar-refractivity contribution < 1.29 is 23.4 Å². The Labute approximate surface area is 116 Å². The topological polar surface area (TPSA) is 58.6 Å². The molecule has 1 aromatic rings. The van der Waals surface area contributed by atoms with E-state index in [-0.39, 0.29) is 0 Å². The highest BCUT2D eigenvalue weighted by Gasteiger charge is 2.16. The summed E-state index contributed by atoms with van der Waals surface area (Å²) in [7, 11) is 1.51. The number of aliphatic hydroxyl groups is 1. The first-order valence-corrected chi connectivity index (χ1v) is 6.00. The van der Waals surface area contributed by atoms with E-state index in [0.717, 1.165) is 5.56 Å². The molecule has 1 atom stereocenters. The fourth-order valence-corrected chi connectivity index (χ4v) is 1.50. The lowest BCUT2D eigenvalue weighted by Crippen LogP contribution is -2.34. The Bertz CT molecular complexity index is 489. The van der Waals surface area contributed by atoms with E-state index in [4.69, 9.17) is 9.84 Å². The number of methoxy groups -OCH3 is 1. The van der Waals surface area contributed by atoms with Crippen LogP contribution in [0.1, 0.15) is 11.1 Å². The summed E-state index contributed by atoms with van der Waals surface area (Å²) in [5.41, 5.74) is 1.70. The number of aliphatic hydroxyl groups excluding tert-OH is 1. The van der Waals surface area contributed by atoms with Crippen LogP contribution in [0.3, 0.4) is 0 Å².